The summed E-state index contributed by atoms with van der Waals surface area (Å²) in [6.07, 6.45) is 1.25. The van der Waals surface area contributed by atoms with Crippen molar-refractivity contribution in [1.29, 1.82) is 0 Å². The molecule has 0 aliphatic rings. The number of hydrogen-bond acceptors (Lipinski definition) is 0. The largest absolute Gasteiger partial charge is 0.0683 e. The Morgan fingerprint density at radius 3 is 0.778 bits per heavy atom. The summed E-state index contributed by atoms with van der Waals surface area (Å²) in [5, 5.41) is 0. The lowest BCUT2D eigenvalue weighted by molar-refractivity contribution is 0.590. The van der Waals surface area contributed by atoms with E-state index in [1.807, 2.05) is 27.7 Å². The third-order valence-electron chi connectivity index (χ3n) is 3.28. The van der Waals surface area contributed by atoms with Crippen LogP contribution in [0.1, 0.15) is 101 Å². The zero-order valence-electron chi connectivity index (χ0n) is 20.5. The fraction of sp³-hybridized carbons (Fsp3) is 0.556. The van der Waals surface area contributed by atoms with Crippen LogP contribution in [0, 0.1) is 0 Å². The Morgan fingerprint density at radius 1 is 0.481 bits per heavy atom. The van der Waals surface area contributed by atoms with Crippen molar-refractivity contribution in [3.63, 3.8) is 0 Å². The van der Waals surface area contributed by atoms with Gasteiger partial charge < -0.3 is 0 Å². The van der Waals surface area contributed by atoms with E-state index in [0.29, 0.717) is 10.8 Å². The van der Waals surface area contributed by atoms with Crippen LogP contribution in [-0.2, 0) is 10.8 Å². The molecule has 0 heteroatoms. The summed E-state index contributed by atoms with van der Waals surface area (Å²) in [4.78, 5) is 0. The second kappa shape index (κ2) is 17.8. The Hall–Kier alpha value is -1.56. The molecule has 2 aromatic carbocycles. The zero-order valence-corrected chi connectivity index (χ0v) is 20.5. The monoisotopic (exact) mass is 372 g/mol. The van der Waals surface area contributed by atoms with Gasteiger partial charge in [-0.2, -0.15) is 0 Å². The van der Waals surface area contributed by atoms with E-state index >= 15 is 0 Å². The molecule has 0 aliphatic heterocycles. The molecule has 0 fully saturated rings. The Kier molecular flexibility index (Phi) is 19.9. The lowest BCUT2D eigenvalue weighted by Gasteiger charge is -2.18. The molecule has 156 valence electrons. The maximum Gasteiger partial charge on any atom is -0.0132 e. The average molecular weight is 373 g/mol. The molecular weight excluding hydrogens is 324 g/mol. The second-order valence-electron chi connectivity index (χ2n) is 7.94. The molecule has 0 nitrogen and oxygen atoms in total. The Balaban J connectivity index is -0.000000322. The quantitative estimate of drug-likeness (QED) is 0.432. The van der Waals surface area contributed by atoms with Crippen molar-refractivity contribution in [3.05, 3.63) is 71.8 Å². The van der Waals surface area contributed by atoms with Gasteiger partial charge in [-0.1, -0.05) is 150 Å². The molecule has 0 atom stereocenters. The summed E-state index contributed by atoms with van der Waals surface area (Å²) >= 11 is 0. The molecule has 0 saturated carbocycles. The van der Waals surface area contributed by atoms with Gasteiger partial charge in [-0.05, 0) is 22.0 Å². The first-order valence-electron chi connectivity index (χ1n) is 10.7. The van der Waals surface area contributed by atoms with Crippen molar-refractivity contribution in [3.8, 4) is 0 Å². The molecule has 0 heterocycles. The maximum atomic E-state index is 2.22. The number of rotatable bonds is 0. The first-order valence-corrected chi connectivity index (χ1v) is 10.7. The van der Waals surface area contributed by atoms with Gasteiger partial charge in [0, 0.05) is 0 Å². The van der Waals surface area contributed by atoms with Crippen molar-refractivity contribution in [2.24, 2.45) is 0 Å². The van der Waals surface area contributed by atoms with Gasteiger partial charge in [-0.15, -0.1) is 0 Å². The van der Waals surface area contributed by atoms with E-state index in [-0.39, 0.29) is 0 Å². The summed E-state index contributed by atoms with van der Waals surface area (Å²) in [6, 6.07) is 21.1. The van der Waals surface area contributed by atoms with E-state index < -0.39 is 0 Å². The first kappa shape index (κ1) is 30.2. The fourth-order valence-corrected chi connectivity index (χ4v) is 1.88. The Labute approximate surface area is 172 Å². The van der Waals surface area contributed by atoms with Crippen molar-refractivity contribution >= 4 is 0 Å². The van der Waals surface area contributed by atoms with Crippen LogP contribution in [0.15, 0.2) is 60.7 Å². The van der Waals surface area contributed by atoms with Crippen LogP contribution < -0.4 is 0 Å². The molecule has 0 saturated heterocycles. The number of benzene rings is 2. The third kappa shape index (κ3) is 17.6. The predicted octanol–water partition coefficient (Wildman–Crippen LogP) is 9.44. The summed E-state index contributed by atoms with van der Waals surface area (Å²) < 4.78 is 0. The highest BCUT2D eigenvalue weighted by Crippen LogP contribution is 2.21. The lowest BCUT2D eigenvalue weighted by atomic mass is 9.87. The molecule has 0 unspecified atom stereocenters. The van der Waals surface area contributed by atoms with Crippen molar-refractivity contribution in [2.75, 3.05) is 0 Å². The van der Waals surface area contributed by atoms with Crippen LogP contribution in [0.2, 0.25) is 0 Å². The van der Waals surface area contributed by atoms with Gasteiger partial charge in [0.2, 0.25) is 0 Å². The van der Waals surface area contributed by atoms with Gasteiger partial charge in [-0.25, -0.2) is 0 Å². The average Bonchev–Trinajstić information content (AvgIpc) is 2.66. The Bertz CT molecular complexity index is 446. The van der Waals surface area contributed by atoms with Crippen molar-refractivity contribution in [2.45, 2.75) is 100 Å². The third-order valence-corrected chi connectivity index (χ3v) is 3.28. The summed E-state index contributed by atoms with van der Waals surface area (Å²) in [5.74, 6) is 0. The lowest BCUT2D eigenvalue weighted by Crippen LogP contribution is -2.10. The molecule has 27 heavy (non-hydrogen) atoms. The van der Waals surface area contributed by atoms with E-state index in [9.17, 15) is 0 Å². The minimum atomic E-state index is 0.293. The molecule has 0 N–H and O–H groups in total. The minimum absolute atomic E-state index is 0.293. The normalized spacial score (nSPS) is 9.63. The highest BCUT2D eigenvalue weighted by molar-refractivity contribution is 5.22. The first-order chi connectivity index (χ1) is 12.6. The standard InChI is InChI=1S/2C10H14.C3H8.2C2H6/c2*1-10(2,3)9-7-5-4-6-8-9;1-3-2;2*1-2/h2*4-8H,1-3H3;3H2,1-2H3;2*1-2H3. The van der Waals surface area contributed by atoms with E-state index in [1.54, 1.807) is 0 Å². The van der Waals surface area contributed by atoms with Gasteiger partial charge in [0.05, 0.1) is 0 Å². The van der Waals surface area contributed by atoms with Gasteiger partial charge in [0.25, 0.3) is 0 Å². The molecule has 0 aliphatic carbocycles. The van der Waals surface area contributed by atoms with Crippen LogP contribution in [0.5, 0.6) is 0 Å². The molecule has 0 amide bonds. The van der Waals surface area contributed by atoms with Crippen LogP contribution >= 0.6 is 0 Å². The van der Waals surface area contributed by atoms with Crippen molar-refractivity contribution < 1.29 is 0 Å². The molecule has 2 rings (SSSR count). The molecule has 2 aromatic rings. The summed E-state index contributed by atoms with van der Waals surface area (Å²) in [7, 11) is 0. The highest BCUT2D eigenvalue weighted by Gasteiger charge is 2.11. The molecule has 0 aromatic heterocycles. The maximum absolute atomic E-state index is 2.22. The molecule has 0 radical (unpaired) electrons. The van der Waals surface area contributed by atoms with Gasteiger partial charge in [0.1, 0.15) is 0 Å². The topological polar surface area (TPSA) is 0 Å². The van der Waals surface area contributed by atoms with Crippen LogP contribution in [0.25, 0.3) is 0 Å². The minimum Gasteiger partial charge on any atom is -0.0683 e. The van der Waals surface area contributed by atoms with E-state index in [2.05, 4.69) is 116 Å². The fourth-order valence-electron chi connectivity index (χ4n) is 1.88. The molecule has 0 spiro atoms. The van der Waals surface area contributed by atoms with E-state index in [4.69, 9.17) is 0 Å². The zero-order chi connectivity index (χ0) is 21.9. The number of hydrogen-bond donors (Lipinski definition) is 0. The van der Waals surface area contributed by atoms with Crippen LogP contribution in [0.4, 0.5) is 0 Å². The molecule has 0 bridgehead atoms. The summed E-state index contributed by atoms with van der Waals surface area (Å²) in [6.45, 7) is 25.6. The summed E-state index contributed by atoms with van der Waals surface area (Å²) in [5.41, 5.74) is 3.38. The van der Waals surface area contributed by atoms with E-state index in [0.717, 1.165) is 0 Å². The van der Waals surface area contributed by atoms with Crippen LogP contribution in [0.3, 0.4) is 0 Å². The molecular formula is C27H48. The van der Waals surface area contributed by atoms with Crippen molar-refractivity contribution in [1.82, 2.24) is 0 Å². The second-order valence-corrected chi connectivity index (χ2v) is 7.94. The smallest absolute Gasteiger partial charge is 0.0132 e. The van der Waals surface area contributed by atoms with Gasteiger partial charge >= 0.3 is 0 Å². The predicted molar refractivity (Wildman–Crippen MR) is 129 cm³/mol. The Morgan fingerprint density at radius 2 is 0.667 bits per heavy atom. The van der Waals surface area contributed by atoms with Gasteiger partial charge in [-0.3, -0.25) is 0 Å². The van der Waals surface area contributed by atoms with E-state index in [1.165, 1.54) is 17.5 Å². The SMILES string of the molecule is CC.CC.CC(C)(C)c1ccccc1.CC(C)(C)c1ccccc1.CCC. The highest BCUT2D eigenvalue weighted by atomic mass is 14.2. The van der Waals surface area contributed by atoms with Gasteiger partial charge in [0.15, 0.2) is 0 Å². The van der Waals surface area contributed by atoms with Crippen LogP contribution in [-0.4, -0.2) is 0 Å².